The van der Waals surface area contributed by atoms with Gasteiger partial charge in [0.15, 0.2) is 0 Å². The van der Waals surface area contributed by atoms with Crippen LogP contribution in [0.4, 0.5) is 0 Å². The topological polar surface area (TPSA) is 46.4 Å². The quantitative estimate of drug-likeness (QED) is 0.313. The van der Waals surface area contributed by atoms with Crippen LogP contribution in [0.25, 0.3) is 5.69 Å². The first-order valence-corrected chi connectivity index (χ1v) is 10.6. The average Bonchev–Trinajstić information content (AvgIpc) is 2.97. The molecule has 3 aromatic rings. The summed E-state index contributed by atoms with van der Waals surface area (Å²) < 4.78 is 2.19. The Kier molecular flexibility index (Phi) is 6.83. The summed E-state index contributed by atoms with van der Waals surface area (Å²) in [5.41, 5.74) is 8.15. The molecule has 0 aliphatic rings. The zero-order valence-electron chi connectivity index (χ0n) is 16.9. The van der Waals surface area contributed by atoms with Gasteiger partial charge in [-0.1, -0.05) is 23.7 Å². The third kappa shape index (κ3) is 5.31. The predicted octanol–water partition coefficient (Wildman–Crippen LogP) is 5.69. The van der Waals surface area contributed by atoms with Crippen molar-refractivity contribution in [2.24, 2.45) is 5.10 Å². The highest BCUT2D eigenvalue weighted by atomic mass is 35.5. The molecule has 0 radical (unpaired) electrons. The zero-order chi connectivity index (χ0) is 21.0. The van der Waals surface area contributed by atoms with Crippen LogP contribution in [0, 0.1) is 20.8 Å². The number of hydrogen-bond acceptors (Lipinski definition) is 3. The number of benzene rings is 2. The molecule has 1 aromatic heterocycles. The van der Waals surface area contributed by atoms with Crippen molar-refractivity contribution in [2.75, 3.05) is 0 Å². The minimum absolute atomic E-state index is 0.145. The third-order valence-corrected chi connectivity index (χ3v) is 5.97. The number of hydrazone groups is 1. The van der Waals surface area contributed by atoms with Gasteiger partial charge >= 0.3 is 0 Å². The molecule has 0 bridgehead atoms. The fourth-order valence-corrected chi connectivity index (χ4v) is 4.10. The predicted molar refractivity (Wildman–Crippen MR) is 122 cm³/mol. The monoisotopic (exact) mass is 425 g/mol. The highest BCUT2D eigenvalue weighted by Gasteiger charge is 2.14. The second-order valence-corrected chi connectivity index (χ2v) is 8.80. The van der Waals surface area contributed by atoms with Crippen LogP contribution in [-0.2, 0) is 4.79 Å². The van der Waals surface area contributed by atoms with Gasteiger partial charge in [0.25, 0.3) is 5.91 Å². The normalized spacial score (nSPS) is 12.3. The van der Waals surface area contributed by atoms with Crippen molar-refractivity contribution in [2.45, 2.75) is 37.8 Å². The lowest BCUT2D eigenvalue weighted by Crippen LogP contribution is -2.26. The third-order valence-electron chi connectivity index (χ3n) is 4.60. The highest BCUT2D eigenvalue weighted by Crippen LogP contribution is 2.25. The minimum Gasteiger partial charge on any atom is -0.318 e. The molecule has 0 aliphatic heterocycles. The van der Waals surface area contributed by atoms with Crippen LogP contribution >= 0.6 is 23.4 Å². The van der Waals surface area contributed by atoms with Crippen molar-refractivity contribution in [3.05, 3.63) is 82.1 Å². The molecule has 0 fully saturated rings. The minimum atomic E-state index is -0.270. The fourth-order valence-electron chi connectivity index (χ4n) is 3.11. The van der Waals surface area contributed by atoms with Gasteiger partial charge in [-0.05, 0) is 75.7 Å². The summed E-state index contributed by atoms with van der Waals surface area (Å²) in [4.78, 5) is 13.3. The first-order chi connectivity index (χ1) is 13.8. The van der Waals surface area contributed by atoms with E-state index in [2.05, 4.69) is 66.2 Å². The number of halogens is 1. The van der Waals surface area contributed by atoms with Crippen LogP contribution in [0.2, 0.25) is 5.02 Å². The Morgan fingerprint density at radius 2 is 1.86 bits per heavy atom. The van der Waals surface area contributed by atoms with Crippen molar-refractivity contribution in [1.29, 1.82) is 0 Å². The Bertz CT molecular complexity index is 1040. The van der Waals surface area contributed by atoms with Gasteiger partial charge in [0.2, 0.25) is 0 Å². The van der Waals surface area contributed by atoms with Crippen LogP contribution < -0.4 is 5.43 Å². The second-order valence-electron chi connectivity index (χ2n) is 6.95. The van der Waals surface area contributed by atoms with Crippen molar-refractivity contribution in [3.8, 4) is 5.69 Å². The van der Waals surface area contributed by atoms with Gasteiger partial charge < -0.3 is 4.57 Å². The maximum Gasteiger partial charge on any atom is 0.253 e. The van der Waals surface area contributed by atoms with E-state index < -0.39 is 0 Å². The van der Waals surface area contributed by atoms with Crippen LogP contribution in [0.15, 0.2) is 64.6 Å². The first-order valence-electron chi connectivity index (χ1n) is 9.36. The zero-order valence-corrected chi connectivity index (χ0v) is 18.5. The summed E-state index contributed by atoms with van der Waals surface area (Å²) in [6, 6.07) is 17.9. The number of nitrogens with one attached hydrogen (secondary N) is 1. The van der Waals surface area contributed by atoms with Gasteiger partial charge in [0.1, 0.15) is 0 Å². The number of aryl methyl sites for hydroxylation is 2. The summed E-state index contributed by atoms with van der Waals surface area (Å²) in [7, 11) is 0. The summed E-state index contributed by atoms with van der Waals surface area (Å²) in [5.74, 6) is -0.145. The molecule has 1 amide bonds. The summed E-state index contributed by atoms with van der Waals surface area (Å²) in [6.45, 7) is 8.06. The van der Waals surface area contributed by atoms with E-state index in [0.29, 0.717) is 5.02 Å². The van der Waals surface area contributed by atoms with Gasteiger partial charge in [-0.3, -0.25) is 4.79 Å². The highest BCUT2D eigenvalue weighted by molar-refractivity contribution is 8.00. The molecule has 0 unspecified atom stereocenters. The maximum absolute atomic E-state index is 12.3. The molecular weight excluding hydrogens is 402 g/mol. The Hall–Kier alpha value is -2.50. The number of carbonyl (C=O) groups excluding carboxylic acids is 1. The van der Waals surface area contributed by atoms with E-state index in [1.807, 2.05) is 31.2 Å². The lowest BCUT2D eigenvalue weighted by Gasteiger charge is -2.10. The fraction of sp³-hybridized carbons (Fsp3) is 0.217. The van der Waals surface area contributed by atoms with Gasteiger partial charge in [0.05, 0.1) is 11.5 Å². The van der Waals surface area contributed by atoms with E-state index in [9.17, 15) is 4.79 Å². The Morgan fingerprint density at radius 3 is 2.55 bits per heavy atom. The summed E-state index contributed by atoms with van der Waals surface area (Å²) in [5, 5.41) is 4.58. The Labute approximate surface area is 181 Å². The molecule has 0 saturated heterocycles. The van der Waals surface area contributed by atoms with E-state index in [1.54, 1.807) is 6.21 Å². The van der Waals surface area contributed by atoms with Gasteiger partial charge in [-0.25, -0.2) is 5.43 Å². The van der Waals surface area contributed by atoms with Crippen LogP contribution in [0.5, 0.6) is 0 Å². The van der Waals surface area contributed by atoms with Crippen LogP contribution in [-0.4, -0.2) is 21.9 Å². The van der Waals surface area contributed by atoms with Crippen molar-refractivity contribution >= 4 is 35.5 Å². The van der Waals surface area contributed by atoms with Crippen molar-refractivity contribution < 1.29 is 4.79 Å². The standard InChI is InChI=1S/C23H24ClN3OS/c1-15-6-5-7-21(12-15)27-16(2)13-19(17(27)3)14-25-26-23(28)18(4)29-22-10-8-20(24)9-11-22/h5-14,18H,1-4H3,(H,26,28)/b25-14-/t18-/m1/s1. The van der Waals surface area contributed by atoms with E-state index >= 15 is 0 Å². The smallest absolute Gasteiger partial charge is 0.253 e. The van der Waals surface area contributed by atoms with Crippen LogP contribution in [0.1, 0.15) is 29.4 Å². The molecule has 150 valence electrons. The molecule has 0 saturated carbocycles. The summed E-state index contributed by atoms with van der Waals surface area (Å²) >= 11 is 7.37. The lowest BCUT2D eigenvalue weighted by atomic mass is 10.2. The molecule has 3 rings (SSSR count). The summed E-state index contributed by atoms with van der Waals surface area (Å²) in [6.07, 6.45) is 1.70. The van der Waals surface area contributed by atoms with E-state index in [0.717, 1.165) is 27.5 Å². The lowest BCUT2D eigenvalue weighted by molar-refractivity contribution is -0.120. The number of rotatable bonds is 6. The number of thioether (sulfide) groups is 1. The Balaban J connectivity index is 1.66. The molecular formula is C23H24ClN3OS. The molecule has 1 N–H and O–H groups in total. The van der Waals surface area contributed by atoms with Crippen molar-refractivity contribution in [3.63, 3.8) is 0 Å². The maximum atomic E-state index is 12.3. The van der Waals surface area contributed by atoms with Crippen LogP contribution in [0.3, 0.4) is 0 Å². The number of nitrogens with zero attached hydrogens (tertiary/aromatic N) is 2. The van der Waals surface area contributed by atoms with E-state index in [-0.39, 0.29) is 11.2 Å². The first kappa shape index (κ1) is 21.2. The number of carbonyl (C=O) groups is 1. The Morgan fingerprint density at radius 1 is 1.14 bits per heavy atom. The van der Waals surface area contributed by atoms with E-state index in [1.165, 1.54) is 17.3 Å². The molecule has 6 heteroatoms. The van der Waals surface area contributed by atoms with E-state index in [4.69, 9.17) is 11.6 Å². The number of aromatic nitrogens is 1. The SMILES string of the molecule is Cc1cccc(-n2c(C)cc(/C=N\NC(=O)[C@@H](C)Sc3ccc(Cl)cc3)c2C)c1. The average molecular weight is 426 g/mol. The largest absolute Gasteiger partial charge is 0.318 e. The van der Waals surface area contributed by atoms with Gasteiger partial charge in [-0.2, -0.15) is 5.10 Å². The molecule has 0 spiro atoms. The van der Waals surface area contributed by atoms with Gasteiger partial charge in [-0.15, -0.1) is 11.8 Å². The van der Waals surface area contributed by atoms with Gasteiger partial charge in [0, 0.05) is 32.6 Å². The second kappa shape index (κ2) is 9.33. The molecule has 0 aliphatic carbocycles. The molecule has 29 heavy (non-hydrogen) atoms. The number of hydrogen-bond donors (Lipinski definition) is 1. The molecule has 2 aromatic carbocycles. The number of amides is 1. The molecule has 1 atom stereocenters. The van der Waals surface area contributed by atoms with Crippen molar-refractivity contribution in [1.82, 2.24) is 9.99 Å². The molecule has 1 heterocycles. The molecule has 4 nitrogen and oxygen atoms in total.